The van der Waals surface area contributed by atoms with E-state index < -0.39 is 35.7 Å². The van der Waals surface area contributed by atoms with E-state index >= 15 is 0 Å². The first-order valence-corrected chi connectivity index (χ1v) is 7.34. The van der Waals surface area contributed by atoms with Crippen LogP contribution in [0.25, 0.3) is 0 Å². The van der Waals surface area contributed by atoms with Gasteiger partial charge in [-0.25, -0.2) is 4.79 Å². The molecule has 3 atom stereocenters. The Bertz CT molecular complexity index is 455. The van der Waals surface area contributed by atoms with Crippen molar-refractivity contribution in [3.8, 4) is 0 Å². The van der Waals surface area contributed by atoms with Crippen molar-refractivity contribution in [3.05, 3.63) is 11.6 Å². The van der Waals surface area contributed by atoms with Crippen molar-refractivity contribution < 1.29 is 33.7 Å². The number of hydrogen-bond acceptors (Lipinski definition) is 7. The number of ether oxygens (including phenoxy) is 3. The van der Waals surface area contributed by atoms with Gasteiger partial charge < -0.3 is 19.3 Å². The van der Waals surface area contributed by atoms with Gasteiger partial charge in [-0.05, 0) is 20.8 Å². The normalized spacial score (nSPS) is 23.6. The van der Waals surface area contributed by atoms with E-state index in [2.05, 4.69) is 0 Å². The molecule has 1 N–H and O–H groups in total. The minimum atomic E-state index is -1.12. The Morgan fingerprint density at radius 3 is 2.05 bits per heavy atom. The van der Waals surface area contributed by atoms with Gasteiger partial charge in [0.1, 0.15) is 5.92 Å². The fraction of sp³-hybridized carbons (Fsp3) is 0.667. The molecule has 0 fully saturated rings. The van der Waals surface area contributed by atoms with Crippen LogP contribution < -0.4 is 0 Å². The molecular weight excluding hydrogens is 292 g/mol. The standard InChI is InChI=1S/C15H22O7/c1-4-20-13(17)10-7-9(8-16)11(14(18)21-5-2)12(10)15(19)22-6-3/h7,9,11-12,16H,4-6,8H2,1-3H3/t9-,11-,12-/m1/s1. The monoisotopic (exact) mass is 314 g/mol. The number of rotatable bonds is 7. The predicted molar refractivity (Wildman–Crippen MR) is 75.5 cm³/mol. The molecule has 0 aliphatic heterocycles. The zero-order valence-corrected chi connectivity index (χ0v) is 13.0. The van der Waals surface area contributed by atoms with E-state index in [4.69, 9.17) is 14.2 Å². The Labute approximate surface area is 129 Å². The quantitative estimate of drug-likeness (QED) is 0.538. The maximum atomic E-state index is 12.2. The van der Waals surface area contributed by atoms with E-state index in [9.17, 15) is 19.5 Å². The van der Waals surface area contributed by atoms with E-state index in [1.165, 1.54) is 6.08 Å². The molecular formula is C15H22O7. The third-order valence-corrected chi connectivity index (χ3v) is 3.37. The van der Waals surface area contributed by atoms with E-state index in [1.807, 2.05) is 0 Å². The van der Waals surface area contributed by atoms with E-state index in [0.717, 1.165) is 0 Å². The number of carbonyl (C=O) groups excluding carboxylic acids is 3. The van der Waals surface area contributed by atoms with Crippen LogP contribution in [0.4, 0.5) is 0 Å². The Balaban J connectivity index is 3.15. The van der Waals surface area contributed by atoms with Crippen LogP contribution in [0, 0.1) is 17.8 Å². The highest BCUT2D eigenvalue weighted by molar-refractivity contribution is 5.99. The zero-order valence-electron chi connectivity index (χ0n) is 13.0. The van der Waals surface area contributed by atoms with Gasteiger partial charge in [-0.15, -0.1) is 0 Å². The van der Waals surface area contributed by atoms with Crippen molar-refractivity contribution in [3.63, 3.8) is 0 Å². The van der Waals surface area contributed by atoms with Crippen molar-refractivity contribution in [1.82, 2.24) is 0 Å². The summed E-state index contributed by atoms with van der Waals surface area (Å²) < 4.78 is 14.8. The first kappa shape index (κ1) is 18.2. The van der Waals surface area contributed by atoms with Gasteiger partial charge in [0, 0.05) is 11.5 Å². The summed E-state index contributed by atoms with van der Waals surface area (Å²) in [5, 5.41) is 9.46. The summed E-state index contributed by atoms with van der Waals surface area (Å²) in [4.78, 5) is 36.3. The number of esters is 3. The smallest absolute Gasteiger partial charge is 0.334 e. The highest BCUT2D eigenvalue weighted by atomic mass is 16.5. The molecule has 0 spiro atoms. The van der Waals surface area contributed by atoms with Gasteiger partial charge in [0.15, 0.2) is 0 Å². The van der Waals surface area contributed by atoms with E-state index in [0.29, 0.717) is 0 Å². The average molecular weight is 314 g/mol. The Hall–Kier alpha value is -1.89. The molecule has 0 saturated heterocycles. The fourth-order valence-electron chi connectivity index (χ4n) is 2.51. The van der Waals surface area contributed by atoms with Crippen LogP contribution in [-0.2, 0) is 28.6 Å². The van der Waals surface area contributed by atoms with Crippen LogP contribution in [0.2, 0.25) is 0 Å². The molecule has 0 aromatic carbocycles. The van der Waals surface area contributed by atoms with Crippen LogP contribution in [0.5, 0.6) is 0 Å². The SMILES string of the molecule is CCOC(=O)C1=C[C@H](CO)[C@@H](C(=O)OCC)[C@@H]1C(=O)OCC. The Morgan fingerprint density at radius 2 is 1.55 bits per heavy atom. The minimum absolute atomic E-state index is 0.0393. The van der Waals surface area contributed by atoms with Crippen LogP contribution in [0.3, 0.4) is 0 Å². The summed E-state index contributed by atoms with van der Waals surface area (Å²) in [5.74, 6) is -4.82. The van der Waals surface area contributed by atoms with Crippen molar-refractivity contribution in [2.24, 2.45) is 17.8 Å². The van der Waals surface area contributed by atoms with Gasteiger partial charge in [0.05, 0.1) is 32.3 Å². The maximum Gasteiger partial charge on any atom is 0.334 e. The van der Waals surface area contributed by atoms with Crippen molar-refractivity contribution in [1.29, 1.82) is 0 Å². The lowest BCUT2D eigenvalue weighted by Crippen LogP contribution is -2.36. The summed E-state index contributed by atoms with van der Waals surface area (Å²) in [7, 11) is 0. The highest BCUT2D eigenvalue weighted by Crippen LogP contribution is 2.39. The first-order chi connectivity index (χ1) is 10.5. The lowest BCUT2D eigenvalue weighted by molar-refractivity contribution is -0.161. The maximum absolute atomic E-state index is 12.2. The first-order valence-electron chi connectivity index (χ1n) is 7.34. The molecule has 0 bridgehead atoms. The molecule has 1 rings (SSSR count). The number of aliphatic hydroxyl groups excluding tert-OH is 1. The second-order valence-corrected chi connectivity index (χ2v) is 4.70. The molecule has 0 amide bonds. The van der Waals surface area contributed by atoms with Crippen LogP contribution in [0.1, 0.15) is 20.8 Å². The van der Waals surface area contributed by atoms with Crippen LogP contribution >= 0.6 is 0 Å². The van der Waals surface area contributed by atoms with Crippen molar-refractivity contribution in [2.45, 2.75) is 20.8 Å². The molecule has 1 aliphatic rings. The molecule has 0 heterocycles. The van der Waals surface area contributed by atoms with Gasteiger partial charge in [-0.1, -0.05) is 6.08 Å². The average Bonchev–Trinajstić information content (AvgIpc) is 2.87. The molecule has 7 nitrogen and oxygen atoms in total. The largest absolute Gasteiger partial charge is 0.466 e. The van der Waals surface area contributed by atoms with Crippen molar-refractivity contribution in [2.75, 3.05) is 26.4 Å². The summed E-state index contributed by atoms with van der Waals surface area (Å²) in [6.45, 7) is 4.91. The number of hydrogen-bond donors (Lipinski definition) is 1. The molecule has 0 unspecified atom stereocenters. The molecule has 1 aliphatic carbocycles. The predicted octanol–water partition coefficient (Wildman–Crippen LogP) is 0.457. The van der Waals surface area contributed by atoms with E-state index in [1.54, 1.807) is 20.8 Å². The van der Waals surface area contributed by atoms with Crippen molar-refractivity contribution >= 4 is 17.9 Å². The topological polar surface area (TPSA) is 99.1 Å². The molecule has 7 heteroatoms. The molecule has 124 valence electrons. The third-order valence-electron chi connectivity index (χ3n) is 3.37. The summed E-state index contributed by atoms with van der Waals surface area (Å²) in [6.07, 6.45) is 1.40. The fourth-order valence-corrected chi connectivity index (χ4v) is 2.51. The molecule has 0 saturated carbocycles. The van der Waals surface area contributed by atoms with Gasteiger partial charge in [0.2, 0.25) is 0 Å². The van der Waals surface area contributed by atoms with Crippen LogP contribution in [0.15, 0.2) is 11.6 Å². The summed E-state index contributed by atoms with van der Waals surface area (Å²) >= 11 is 0. The van der Waals surface area contributed by atoms with Crippen LogP contribution in [-0.4, -0.2) is 49.4 Å². The summed E-state index contributed by atoms with van der Waals surface area (Å²) in [5.41, 5.74) is 0.0393. The second-order valence-electron chi connectivity index (χ2n) is 4.70. The van der Waals surface area contributed by atoms with Gasteiger partial charge >= 0.3 is 17.9 Å². The Morgan fingerprint density at radius 1 is 1.00 bits per heavy atom. The highest BCUT2D eigenvalue weighted by Gasteiger charge is 2.49. The number of aliphatic hydroxyl groups is 1. The molecule has 0 aromatic rings. The third kappa shape index (κ3) is 3.85. The molecule has 0 radical (unpaired) electrons. The lowest BCUT2D eigenvalue weighted by atomic mass is 9.86. The molecule has 22 heavy (non-hydrogen) atoms. The van der Waals surface area contributed by atoms with E-state index in [-0.39, 0.29) is 32.0 Å². The van der Waals surface area contributed by atoms with Gasteiger partial charge in [0.25, 0.3) is 0 Å². The van der Waals surface area contributed by atoms with Gasteiger partial charge in [-0.3, -0.25) is 9.59 Å². The second kappa shape index (κ2) is 8.53. The Kier molecular flexibility index (Phi) is 7.04. The summed E-state index contributed by atoms with van der Waals surface area (Å²) in [6, 6.07) is 0. The lowest BCUT2D eigenvalue weighted by Gasteiger charge is -2.22. The minimum Gasteiger partial charge on any atom is -0.466 e. The zero-order chi connectivity index (χ0) is 16.7. The van der Waals surface area contributed by atoms with Gasteiger partial charge in [-0.2, -0.15) is 0 Å². The number of carbonyl (C=O) groups is 3. The molecule has 0 aromatic heterocycles.